The molecule has 7 nitrogen and oxygen atoms in total. The summed E-state index contributed by atoms with van der Waals surface area (Å²) < 4.78 is 22.0. The molecule has 1 atom stereocenters. The molecule has 1 amide bonds. The number of benzene rings is 3. The topological polar surface area (TPSA) is 81.8 Å². The van der Waals surface area contributed by atoms with Crippen LogP contribution in [0.2, 0.25) is 0 Å². The molecule has 0 spiro atoms. The summed E-state index contributed by atoms with van der Waals surface area (Å²) in [6.45, 7) is 0.504. The van der Waals surface area contributed by atoms with Crippen molar-refractivity contribution >= 4 is 16.8 Å². The first kappa shape index (κ1) is 25.0. The molecule has 0 radical (unpaired) electrons. The number of rotatable bonds is 11. The highest BCUT2D eigenvalue weighted by molar-refractivity contribution is 5.86. The van der Waals surface area contributed by atoms with Gasteiger partial charge in [-0.25, -0.2) is 0 Å². The number of amides is 1. The maximum Gasteiger partial charge on any atom is 0.220 e. The molecule has 0 fully saturated rings. The number of fused-ring (bicyclic) bond motifs is 1. The molecule has 1 heterocycles. The minimum absolute atomic E-state index is 0.0457. The van der Waals surface area contributed by atoms with Gasteiger partial charge in [-0.3, -0.25) is 4.79 Å². The quantitative estimate of drug-likeness (QED) is 0.308. The number of hydrogen-bond acceptors (Lipinski definition) is 5. The average molecular weight is 489 g/mol. The first-order valence-electron chi connectivity index (χ1n) is 11.8. The number of methoxy groups -OCH3 is 4. The van der Waals surface area contributed by atoms with Crippen LogP contribution in [0, 0.1) is 0 Å². The summed E-state index contributed by atoms with van der Waals surface area (Å²) in [5.41, 5.74) is 4.01. The van der Waals surface area contributed by atoms with Gasteiger partial charge in [0, 0.05) is 41.5 Å². The Morgan fingerprint density at radius 3 is 2.36 bits per heavy atom. The van der Waals surface area contributed by atoms with Crippen LogP contribution >= 0.6 is 0 Å². The molecular formula is C29H32N2O5. The Kier molecular flexibility index (Phi) is 8.00. The zero-order valence-corrected chi connectivity index (χ0v) is 21.1. The molecule has 1 aromatic heterocycles. The van der Waals surface area contributed by atoms with E-state index in [1.54, 1.807) is 28.4 Å². The van der Waals surface area contributed by atoms with Gasteiger partial charge in [-0.1, -0.05) is 36.4 Å². The molecular weight excluding hydrogens is 456 g/mol. The number of H-pyrrole nitrogens is 1. The van der Waals surface area contributed by atoms with Crippen LogP contribution in [0.4, 0.5) is 0 Å². The summed E-state index contributed by atoms with van der Waals surface area (Å²) in [6, 6.07) is 19.6. The summed E-state index contributed by atoms with van der Waals surface area (Å²) in [5.74, 6) is 2.34. The van der Waals surface area contributed by atoms with Crippen LogP contribution in [0.25, 0.3) is 10.9 Å². The Hall–Kier alpha value is -4.13. The number of ether oxygens (including phenoxy) is 4. The third-order valence-electron chi connectivity index (χ3n) is 6.38. The second kappa shape index (κ2) is 11.5. The Morgan fingerprint density at radius 2 is 1.61 bits per heavy atom. The normalized spacial score (nSPS) is 11.7. The van der Waals surface area contributed by atoms with Gasteiger partial charge in [0.15, 0.2) is 23.0 Å². The Morgan fingerprint density at radius 1 is 0.833 bits per heavy atom. The number of aromatic amines is 1. The molecule has 36 heavy (non-hydrogen) atoms. The highest BCUT2D eigenvalue weighted by Crippen LogP contribution is 2.41. The van der Waals surface area contributed by atoms with Gasteiger partial charge in [0.2, 0.25) is 5.91 Å². The predicted molar refractivity (Wildman–Crippen MR) is 141 cm³/mol. The first-order valence-corrected chi connectivity index (χ1v) is 11.8. The highest BCUT2D eigenvalue weighted by Gasteiger charge is 2.26. The zero-order chi connectivity index (χ0) is 25.5. The first-order chi connectivity index (χ1) is 17.6. The number of hydrogen-bond donors (Lipinski definition) is 2. The number of carbonyl (C=O) groups excluding carboxylic acids is 1. The third kappa shape index (κ3) is 5.25. The van der Waals surface area contributed by atoms with Crippen LogP contribution in [0.5, 0.6) is 23.0 Å². The lowest BCUT2D eigenvalue weighted by molar-refractivity contribution is -0.121. The van der Waals surface area contributed by atoms with Crippen LogP contribution < -0.4 is 24.3 Å². The fraction of sp³-hybridized carbons (Fsp3) is 0.276. The number of nitrogens with one attached hydrogen (secondary N) is 2. The summed E-state index contributed by atoms with van der Waals surface area (Å²) in [6.07, 6.45) is 2.91. The fourth-order valence-electron chi connectivity index (χ4n) is 4.60. The molecule has 2 N–H and O–H groups in total. The molecule has 0 bridgehead atoms. The lowest BCUT2D eigenvalue weighted by Gasteiger charge is -2.21. The van der Waals surface area contributed by atoms with Gasteiger partial charge in [-0.05, 0) is 41.8 Å². The molecule has 0 aliphatic carbocycles. The van der Waals surface area contributed by atoms with Crippen molar-refractivity contribution in [1.82, 2.24) is 10.3 Å². The average Bonchev–Trinajstić information content (AvgIpc) is 3.35. The van der Waals surface area contributed by atoms with Crippen molar-refractivity contribution in [2.75, 3.05) is 35.0 Å². The highest BCUT2D eigenvalue weighted by atomic mass is 16.5. The zero-order valence-electron chi connectivity index (χ0n) is 21.1. The summed E-state index contributed by atoms with van der Waals surface area (Å²) in [5, 5.41) is 4.15. The van der Waals surface area contributed by atoms with Gasteiger partial charge in [-0.15, -0.1) is 0 Å². The number of aromatic nitrogens is 1. The van der Waals surface area contributed by atoms with E-state index in [9.17, 15) is 4.79 Å². The van der Waals surface area contributed by atoms with E-state index >= 15 is 0 Å². The summed E-state index contributed by atoms with van der Waals surface area (Å²) >= 11 is 0. The molecule has 4 aromatic rings. The van der Waals surface area contributed by atoms with Crippen molar-refractivity contribution in [3.05, 3.63) is 83.6 Å². The number of carbonyl (C=O) groups is 1. The third-order valence-corrected chi connectivity index (χ3v) is 6.38. The van der Waals surface area contributed by atoms with E-state index in [0.29, 0.717) is 36.0 Å². The van der Waals surface area contributed by atoms with Gasteiger partial charge in [0.25, 0.3) is 0 Å². The molecule has 0 saturated carbocycles. The molecule has 188 valence electrons. The monoisotopic (exact) mass is 488 g/mol. The van der Waals surface area contributed by atoms with Crippen molar-refractivity contribution < 1.29 is 23.7 Å². The molecule has 7 heteroatoms. The summed E-state index contributed by atoms with van der Waals surface area (Å²) in [4.78, 5) is 16.5. The van der Waals surface area contributed by atoms with Gasteiger partial charge >= 0.3 is 0 Å². The second-order valence-corrected chi connectivity index (χ2v) is 8.42. The van der Waals surface area contributed by atoms with Crippen LogP contribution in [-0.2, 0) is 11.2 Å². The van der Waals surface area contributed by atoms with E-state index in [4.69, 9.17) is 18.9 Å². The number of para-hydroxylation sites is 2. The van der Waals surface area contributed by atoms with Crippen LogP contribution in [0.3, 0.4) is 0 Å². The van der Waals surface area contributed by atoms with E-state index in [-0.39, 0.29) is 18.2 Å². The lowest BCUT2D eigenvalue weighted by Crippen LogP contribution is -2.27. The van der Waals surface area contributed by atoms with Crippen LogP contribution in [0.1, 0.15) is 29.0 Å². The molecule has 3 aromatic carbocycles. The van der Waals surface area contributed by atoms with E-state index in [2.05, 4.69) is 16.4 Å². The maximum atomic E-state index is 13.2. The molecule has 0 saturated heterocycles. The van der Waals surface area contributed by atoms with E-state index in [1.807, 2.05) is 60.8 Å². The van der Waals surface area contributed by atoms with E-state index in [0.717, 1.165) is 27.6 Å². The second-order valence-electron chi connectivity index (χ2n) is 8.42. The lowest BCUT2D eigenvalue weighted by atomic mass is 9.87. The van der Waals surface area contributed by atoms with Gasteiger partial charge < -0.3 is 29.2 Å². The Balaban J connectivity index is 1.56. The minimum atomic E-state index is -0.229. The van der Waals surface area contributed by atoms with Gasteiger partial charge in [-0.2, -0.15) is 0 Å². The molecule has 0 aliphatic heterocycles. The standard InChI is InChI=1S/C29H32N2O5/c1-33-25-13-12-19(16-27(25)35-3)14-15-30-28(32)17-22(21-9-7-11-26(34-2)29(21)36-4)23-18-31-24-10-6-5-8-20(23)24/h5-13,16,18,22,31H,14-15,17H2,1-4H3,(H,30,32)/t22-/m0/s1. The molecule has 0 unspecified atom stereocenters. The molecule has 0 aliphatic rings. The maximum absolute atomic E-state index is 13.2. The van der Waals surface area contributed by atoms with Crippen molar-refractivity contribution in [3.63, 3.8) is 0 Å². The van der Waals surface area contributed by atoms with Crippen molar-refractivity contribution in [2.24, 2.45) is 0 Å². The minimum Gasteiger partial charge on any atom is -0.493 e. The fourth-order valence-corrected chi connectivity index (χ4v) is 4.60. The Bertz CT molecular complexity index is 1330. The predicted octanol–water partition coefficient (Wildman–Crippen LogP) is 5.08. The van der Waals surface area contributed by atoms with E-state index < -0.39 is 0 Å². The van der Waals surface area contributed by atoms with E-state index in [1.165, 1.54) is 0 Å². The van der Waals surface area contributed by atoms with Crippen LogP contribution in [0.15, 0.2) is 66.9 Å². The smallest absolute Gasteiger partial charge is 0.220 e. The molecule has 4 rings (SSSR count). The summed E-state index contributed by atoms with van der Waals surface area (Å²) in [7, 11) is 6.46. The SMILES string of the molecule is COc1ccc(CCNC(=O)C[C@@H](c2cccc(OC)c2OC)c2c[nH]c3ccccc23)cc1OC. The van der Waals surface area contributed by atoms with Crippen molar-refractivity contribution in [3.8, 4) is 23.0 Å². The Labute approximate surface area is 211 Å². The van der Waals surface area contributed by atoms with Gasteiger partial charge in [0.05, 0.1) is 28.4 Å². The van der Waals surface area contributed by atoms with Gasteiger partial charge in [0.1, 0.15) is 0 Å². The van der Waals surface area contributed by atoms with Crippen molar-refractivity contribution in [2.45, 2.75) is 18.8 Å². The van der Waals surface area contributed by atoms with Crippen LogP contribution in [-0.4, -0.2) is 45.9 Å². The van der Waals surface area contributed by atoms with Crippen molar-refractivity contribution in [1.29, 1.82) is 0 Å². The largest absolute Gasteiger partial charge is 0.493 e.